The lowest BCUT2D eigenvalue weighted by Crippen LogP contribution is -2.28. The highest BCUT2D eigenvalue weighted by atomic mass is 16.4. The maximum Gasteiger partial charge on any atom is 0.345 e. The molecular weight excluding hydrogens is 206 g/mol. The average molecular weight is 215 g/mol. The topological polar surface area (TPSA) is 63.1 Å². The number of carbonyl (C=O) groups excluding carboxylic acids is 1. The van der Waals surface area contributed by atoms with E-state index in [0.717, 1.165) is 0 Å². The Balaban J connectivity index is 3.12. The zero-order chi connectivity index (χ0) is 11.7. The summed E-state index contributed by atoms with van der Waals surface area (Å²) in [4.78, 5) is 25.0. The number of hydrogen-bond acceptors (Lipinski definition) is 3. The van der Waals surface area contributed by atoms with Crippen molar-refractivity contribution in [2.24, 2.45) is 0 Å². The van der Waals surface area contributed by atoms with Crippen molar-refractivity contribution in [2.45, 2.75) is 0 Å². The van der Waals surface area contributed by atoms with E-state index >= 15 is 0 Å². The molecule has 0 aliphatic carbocycles. The van der Waals surface area contributed by atoms with E-state index in [1.54, 1.807) is 12.2 Å². The van der Waals surface area contributed by atoms with E-state index < -0.39 is 5.63 Å². The van der Waals surface area contributed by atoms with Gasteiger partial charge in [0.15, 0.2) is 6.29 Å². The number of fused-ring (bicyclic) bond motifs is 1. The monoisotopic (exact) mass is 215 g/mol. The molecule has 4 heteroatoms. The van der Waals surface area contributed by atoms with Gasteiger partial charge in [0.2, 0.25) is 0 Å². The van der Waals surface area contributed by atoms with Crippen molar-refractivity contribution < 1.29 is 9.21 Å². The van der Waals surface area contributed by atoms with Gasteiger partial charge >= 0.3 is 5.63 Å². The second-order valence-electron chi connectivity index (χ2n) is 3.26. The zero-order valence-electron chi connectivity index (χ0n) is 8.45. The summed E-state index contributed by atoms with van der Waals surface area (Å²) in [5.74, 6) is 0. The molecule has 80 valence electrons. The first-order valence-electron chi connectivity index (χ1n) is 4.60. The molecule has 0 aromatic carbocycles. The van der Waals surface area contributed by atoms with Gasteiger partial charge in [0.25, 0.3) is 0 Å². The van der Waals surface area contributed by atoms with Gasteiger partial charge in [-0.1, -0.05) is 19.2 Å². The average Bonchev–Trinajstić information content (AvgIpc) is 2.68. The molecule has 2 heterocycles. The van der Waals surface area contributed by atoms with Gasteiger partial charge in [0.05, 0.1) is 16.6 Å². The number of hydrogen-bond donors (Lipinski definition) is 1. The molecule has 0 aliphatic heterocycles. The summed E-state index contributed by atoms with van der Waals surface area (Å²) in [6.45, 7) is 7.20. The van der Waals surface area contributed by atoms with E-state index in [0.29, 0.717) is 28.1 Å². The number of allylic oxidation sites excluding steroid dienone is 1. The molecule has 0 atom stereocenters. The fourth-order valence-electron chi connectivity index (χ4n) is 1.57. The van der Waals surface area contributed by atoms with Crippen LogP contribution in [0.15, 0.2) is 27.9 Å². The summed E-state index contributed by atoms with van der Waals surface area (Å²) in [6.07, 6.45) is 3.86. The van der Waals surface area contributed by atoms with Crippen molar-refractivity contribution in [1.82, 2.24) is 4.98 Å². The van der Waals surface area contributed by atoms with Crippen molar-refractivity contribution >= 4 is 29.8 Å². The molecule has 2 aromatic rings. The summed E-state index contributed by atoms with van der Waals surface area (Å²) in [6, 6.07) is 1.45. The number of H-pyrrole nitrogens is 1. The van der Waals surface area contributed by atoms with Crippen molar-refractivity contribution in [3.05, 3.63) is 45.5 Å². The van der Waals surface area contributed by atoms with Gasteiger partial charge < -0.3 is 9.40 Å². The molecule has 0 saturated heterocycles. The molecule has 0 aliphatic rings. The smallest absolute Gasteiger partial charge is 0.345 e. The minimum absolute atomic E-state index is 0.247. The maximum absolute atomic E-state index is 11.5. The van der Waals surface area contributed by atoms with Crippen LogP contribution in [0.25, 0.3) is 23.6 Å². The molecule has 16 heavy (non-hydrogen) atoms. The molecule has 1 N–H and O–H groups in total. The first-order valence-corrected chi connectivity index (χ1v) is 4.60. The van der Waals surface area contributed by atoms with Crippen LogP contribution in [0.3, 0.4) is 0 Å². The van der Waals surface area contributed by atoms with E-state index in [1.807, 2.05) is 0 Å². The summed E-state index contributed by atoms with van der Waals surface area (Å²) >= 11 is 0. The molecular formula is C12H9NO3. The molecule has 0 saturated carbocycles. The summed E-state index contributed by atoms with van der Waals surface area (Å²) in [5, 5.41) is 0.959. The third-order valence-corrected chi connectivity index (χ3v) is 2.26. The number of nitrogens with one attached hydrogen (secondary N) is 1. The Labute approximate surface area is 90.2 Å². The van der Waals surface area contributed by atoms with Crippen LogP contribution in [0, 0.1) is 0 Å². The largest absolute Gasteiger partial charge is 0.423 e. The fraction of sp³-hybridized carbons (Fsp3) is 0. The minimum Gasteiger partial charge on any atom is -0.423 e. The zero-order valence-corrected chi connectivity index (χ0v) is 8.45. The lowest BCUT2D eigenvalue weighted by molar-refractivity contribution is 0.112. The van der Waals surface area contributed by atoms with E-state index in [-0.39, 0.29) is 5.42 Å². The SMILES string of the molecule is C=C/C=c1\c(=C)oc(=O)c2cc(C=O)[nH]c12. The summed E-state index contributed by atoms with van der Waals surface area (Å²) in [7, 11) is 0. The second-order valence-corrected chi connectivity index (χ2v) is 3.26. The first-order chi connectivity index (χ1) is 7.67. The third-order valence-electron chi connectivity index (χ3n) is 2.26. The second kappa shape index (κ2) is 3.66. The van der Waals surface area contributed by atoms with Crippen LogP contribution < -0.4 is 16.3 Å². The highest BCUT2D eigenvalue weighted by molar-refractivity contribution is 5.87. The van der Waals surface area contributed by atoms with E-state index in [9.17, 15) is 9.59 Å². The molecule has 0 radical (unpaired) electrons. The van der Waals surface area contributed by atoms with Crippen molar-refractivity contribution in [3.63, 3.8) is 0 Å². The predicted octanol–water partition coefficient (Wildman–Crippen LogP) is 0.310. The number of aromatic nitrogens is 1. The normalized spacial score (nSPS) is 11.9. The summed E-state index contributed by atoms with van der Waals surface area (Å²) in [5.41, 5.74) is 0.608. The minimum atomic E-state index is -0.509. The Hall–Kier alpha value is -2.36. The first kappa shape index (κ1) is 10.2. The number of carbonyl (C=O) groups is 1. The Morgan fingerprint density at radius 3 is 2.81 bits per heavy atom. The Morgan fingerprint density at radius 2 is 2.19 bits per heavy atom. The van der Waals surface area contributed by atoms with Crippen LogP contribution in [-0.4, -0.2) is 11.3 Å². The molecule has 0 spiro atoms. The van der Waals surface area contributed by atoms with Crippen LogP contribution in [0.4, 0.5) is 0 Å². The standard InChI is InChI=1S/C12H9NO3/c1-3-4-9-7(2)16-12(15)10-5-8(6-14)13-11(9)10/h3-6,13H,1-2H2/b9-4+. The van der Waals surface area contributed by atoms with Gasteiger partial charge in [-0.25, -0.2) is 4.79 Å². The van der Waals surface area contributed by atoms with Gasteiger partial charge in [-0.3, -0.25) is 4.79 Å². The van der Waals surface area contributed by atoms with Crippen molar-refractivity contribution in [3.8, 4) is 0 Å². The maximum atomic E-state index is 11.5. The van der Waals surface area contributed by atoms with Gasteiger partial charge in [0.1, 0.15) is 5.42 Å². The van der Waals surface area contributed by atoms with Crippen LogP contribution in [0.1, 0.15) is 10.5 Å². The molecule has 2 rings (SSSR count). The Bertz CT molecular complexity index is 734. The molecule has 0 fully saturated rings. The molecule has 0 unspecified atom stereocenters. The van der Waals surface area contributed by atoms with Gasteiger partial charge in [0, 0.05) is 5.22 Å². The third kappa shape index (κ3) is 1.40. The van der Waals surface area contributed by atoms with Crippen molar-refractivity contribution in [2.75, 3.05) is 0 Å². The molecule has 4 nitrogen and oxygen atoms in total. The number of aldehydes is 1. The molecule has 2 aromatic heterocycles. The predicted molar refractivity (Wildman–Crippen MR) is 61.7 cm³/mol. The van der Waals surface area contributed by atoms with Gasteiger partial charge in [-0.2, -0.15) is 0 Å². The number of rotatable bonds is 2. The number of aromatic amines is 1. The fourth-order valence-corrected chi connectivity index (χ4v) is 1.57. The van der Waals surface area contributed by atoms with Gasteiger partial charge in [-0.15, -0.1) is 0 Å². The quantitative estimate of drug-likeness (QED) is 0.733. The van der Waals surface area contributed by atoms with Crippen LogP contribution >= 0.6 is 0 Å². The van der Waals surface area contributed by atoms with E-state index in [1.165, 1.54) is 6.07 Å². The Kier molecular flexibility index (Phi) is 2.32. The van der Waals surface area contributed by atoms with Crippen LogP contribution in [0.2, 0.25) is 0 Å². The lowest BCUT2D eigenvalue weighted by atomic mass is 10.2. The van der Waals surface area contributed by atoms with Crippen LogP contribution in [-0.2, 0) is 0 Å². The Morgan fingerprint density at radius 1 is 1.44 bits per heavy atom. The van der Waals surface area contributed by atoms with Gasteiger partial charge in [-0.05, 0) is 12.1 Å². The highest BCUT2D eigenvalue weighted by Crippen LogP contribution is 2.04. The van der Waals surface area contributed by atoms with E-state index in [2.05, 4.69) is 18.1 Å². The van der Waals surface area contributed by atoms with E-state index in [4.69, 9.17) is 4.42 Å². The molecule has 0 amide bonds. The lowest BCUT2D eigenvalue weighted by Gasteiger charge is -1.90. The molecule has 0 bridgehead atoms. The van der Waals surface area contributed by atoms with Crippen LogP contribution in [0.5, 0.6) is 0 Å². The van der Waals surface area contributed by atoms with Crippen molar-refractivity contribution in [1.29, 1.82) is 0 Å². The highest BCUT2D eigenvalue weighted by Gasteiger charge is 2.07. The summed E-state index contributed by atoms with van der Waals surface area (Å²) < 4.78 is 4.95.